The molecule has 0 saturated heterocycles. The Labute approximate surface area is 182 Å². The fraction of sp³-hybridized carbons (Fsp3) is 0.136. The molecule has 0 spiro atoms. The highest BCUT2D eigenvalue weighted by Crippen LogP contribution is 2.27. The number of aryl methyl sites for hydroxylation is 1. The number of para-hydroxylation sites is 1. The van der Waals surface area contributed by atoms with Gasteiger partial charge in [0.25, 0.3) is 0 Å². The molecule has 4 rings (SSSR count). The maximum absolute atomic E-state index is 13.3. The number of rotatable bonds is 7. The van der Waals surface area contributed by atoms with E-state index in [1.54, 1.807) is 29.8 Å². The second-order valence-electron chi connectivity index (χ2n) is 6.63. The number of aromatic nitrogens is 3. The summed E-state index contributed by atoms with van der Waals surface area (Å²) < 4.78 is 15.2. The van der Waals surface area contributed by atoms with Gasteiger partial charge in [0.05, 0.1) is 17.5 Å². The van der Waals surface area contributed by atoms with E-state index in [2.05, 4.69) is 15.5 Å². The number of benzene rings is 2. The van der Waals surface area contributed by atoms with Crippen LogP contribution >= 0.6 is 23.1 Å². The molecule has 2 heterocycles. The number of hydrogen-bond acceptors (Lipinski definition) is 5. The van der Waals surface area contributed by atoms with Crippen LogP contribution < -0.4 is 5.32 Å². The van der Waals surface area contributed by atoms with Gasteiger partial charge in [-0.25, -0.2) is 4.39 Å². The molecule has 0 aliphatic rings. The lowest BCUT2D eigenvalue weighted by molar-refractivity contribution is -0.119. The van der Waals surface area contributed by atoms with E-state index < -0.39 is 0 Å². The molecule has 0 unspecified atom stereocenters. The van der Waals surface area contributed by atoms with Gasteiger partial charge in [-0.05, 0) is 47.7 Å². The zero-order valence-corrected chi connectivity index (χ0v) is 17.8. The molecule has 5 nitrogen and oxygen atoms in total. The lowest BCUT2D eigenvalue weighted by atomic mass is 10.1. The average molecular weight is 439 g/mol. The van der Waals surface area contributed by atoms with Gasteiger partial charge in [-0.15, -0.1) is 21.5 Å². The van der Waals surface area contributed by atoms with E-state index in [0.29, 0.717) is 5.16 Å². The fourth-order valence-electron chi connectivity index (χ4n) is 3.08. The summed E-state index contributed by atoms with van der Waals surface area (Å²) >= 11 is 2.87. The van der Waals surface area contributed by atoms with E-state index in [-0.39, 0.29) is 23.5 Å². The van der Waals surface area contributed by atoms with E-state index in [9.17, 15) is 9.18 Å². The summed E-state index contributed by atoms with van der Waals surface area (Å²) in [6.45, 7) is 2.02. The number of carbonyl (C=O) groups is 1. The quantitative estimate of drug-likeness (QED) is 0.422. The second-order valence-corrected chi connectivity index (χ2v) is 8.55. The molecule has 1 atom stereocenters. The van der Waals surface area contributed by atoms with Crippen molar-refractivity contribution in [2.24, 2.45) is 0 Å². The zero-order valence-electron chi connectivity index (χ0n) is 16.2. The first-order chi connectivity index (χ1) is 14.6. The molecule has 8 heteroatoms. The minimum atomic E-state index is -0.326. The van der Waals surface area contributed by atoms with Crippen LogP contribution in [0.3, 0.4) is 0 Å². The molecular formula is C22H19FN4OS2. The van der Waals surface area contributed by atoms with Crippen molar-refractivity contribution in [1.29, 1.82) is 0 Å². The number of nitrogens with one attached hydrogen (secondary N) is 1. The summed E-state index contributed by atoms with van der Waals surface area (Å²) in [6, 6.07) is 17.7. The molecular weight excluding hydrogens is 419 g/mol. The van der Waals surface area contributed by atoms with E-state index in [0.717, 1.165) is 21.7 Å². The number of halogens is 1. The van der Waals surface area contributed by atoms with Crippen LogP contribution in [-0.2, 0) is 4.79 Å². The van der Waals surface area contributed by atoms with Crippen molar-refractivity contribution in [2.75, 3.05) is 5.75 Å². The summed E-state index contributed by atoms with van der Waals surface area (Å²) in [5.41, 5.74) is 2.91. The minimum absolute atomic E-state index is 0.137. The number of thiophene rings is 1. The molecule has 4 aromatic rings. The first-order valence-corrected chi connectivity index (χ1v) is 11.2. The molecule has 0 radical (unpaired) electrons. The SMILES string of the molecule is Cc1ccccc1-n1cnnc1SCC(=O)N[C@@H](c1ccc(F)cc1)c1cccs1. The predicted molar refractivity (Wildman–Crippen MR) is 118 cm³/mol. The van der Waals surface area contributed by atoms with E-state index in [4.69, 9.17) is 0 Å². The van der Waals surface area contributed by atoms with Crippen LogP contribution in [0.4, 0.5) is 4.39 Å². The Balaban J connectivity index is 1.47. The van der Waals surface area contributed by atoms with Crippen LogP contribution in [0.1, 0.15) is 22.0 Å². The van der Waals surface area contributed by atoms with Crippen LogP contribution in [-0.4, -0.2) is 26.4 Å². The molecule has 0 aliphatic heterocycles. The third kappa shape index (κ3) is 4.60. The van der Waals surface area contributed by atoms with Gasteiger partial charge in [-0.2, -0.15) is 0 Å². The molecule has 1 N–H and O–H groups in total. The largest absolute Gasteiger partial charge is 0.344 e. The Bertz CT molecular complexity index is 1130. The molecule has 152 valence electrons. The van der Waals surface area contributed by atoms with Crippen molar-refractivity contribution in [3.8, 4) is 5.69 Å². The van der Waals surface area contributed by atoms with Crippen molar-refractivity contribution >= 4 is 29.0 Å². The maximum atomic E-state index is 13.3. The number of amides is 1. The molecule has 0 fully saturated rings. The van der Waals surface area contributed by atoms with Crippen LogP contribution in [0, 0.1) is 12.7 Å². The van der Waals surface area contributed by atoms with Gasteiger partial charge in [0.2, 0.25) is 5.91 Å². The Kier molecular flexibility index (Phi) is 6.25. The summed E-state index contributed by atoms with van der Waals surface area (Å²) in [6.07, 6.45) is 1.65. The Morgan fingerprint density at radius 1 is 1.17 bits per heavy atom. The third-order valence-corrected chi connectivity index (χ3v) is 6.44. The molecule has 2 aromatic heterocycles. The van der Waals surface area contributed by atoms with Gasteiger partial charge >= 0.3 is 0 Å². The Morgan fingerprint density at radius 3 is 2.70 bits per heavy atom. The first kappa shape index (κ1) is 20.3. The molecule has 0 aliphatic carbocycles. The lowest BCUT2D eigenvalue weighted by Crippen LogP contribution is -2.30. The maximum Gasteiger partial charge on any atom is 0.231 e. The topological polar surface area (TPSA) is 59.8 Å². The first-order valence-electron chi connectivity index (χ1n) is 9.29. The number of thioether (sulfide) groups is 1. The van der Waals surface area contributed by atoms with Gasteiger partial charge in [0, 0.05) is 4.88 Å². The highest BCUT2D eigenvalue weighted by Gasteiger charge is 2.19. The van der Waals surface area contributed by atoms with Gasteiger partial charge in [-0.1, -0.05) is 48.2 Å². The average Bonchev–Trinajstić information content (AvgIpc) is 3.44. The van der Waals surface area contributed by atoms with E-state index in [1.807, 2.05) is 53.3 Å². The van der Waals surface area contributed by atoms with Crippen LogP contribution in [0.15, 0.2) is 77.5 Å². The molecule has 0 saturated carbocycles. The van der Waals surface area contributed by atoms with Crippen LogP contribution in [0.2, 0.25) is 0 Å². The summed E-state index contributed by atoms with van der Waals surface area (Å²) in [4.78, 5) is 13.7. The normalized spacial score (nSPS) is 11.9. The fourth-order valence-corrected chi connectivity index (χ4v) is 4.62. The molecule has 30 heavy (non-hydrogen) atoms. The van der Waals surface area contributed by atoms with Crippen molar-refractivity contribution < 1.29 is 9.18 Å². The molecule has 1 amide bonds. The summed E-state index contributed by atoms with van der Waals surface area (Å²) in [5.74, 6) is -0.253. The monoisotopic (exact) mass is 438 g/mol. The lowest BCUT2D eigenvalue weighted by Gasteiger charge is -2.18. The third-order valence-electron chi connectivity index (χ3n) is 4.56. The van der Waals surface area contributed by atoms with Crippen LogP contribution in [0.25, 0.3) is 5.69 Å². The number of hydrogen-bond donors (Lipinski definition) is 1. The summed E-state index contributed by atoms with van der Waals surface area (Å²) in [7, 11) is 0. The molecule has 2 aromatic carbocycles. The van der Waals surface area contributed by atoms with Crippen molar-refractivity contribution in [2.45, 2.75) is 18.1 Å². The standard InChI is InChI=1S/C22H19FN4OS2/c1-15-5-2-3-6-18(15)27-14-24-26-22(27)30-13-20(28)25-21(19-7-4-12-29-19)16-8-10-17(23)11-9-16/h2-12,14,21H,13H2,1H3,(H,25,28)/t21-/m0/s1. The number of nitrogens with zero attached hydrogens (tertiary/aromatic N) is 3. The van der Waals surface area contributed by atoms with Crippen molar-refractivity contribution in [3.63, 3.8) is 0 Å². The highest BCUT2D eigenvalue weighted by atomic mass is 32.2. The van der Waals surface area contributed by atoms with Gasteiger partial charge < -0.3 is 5.32 Å². The van der Waals surface area contributed by atoms with Crippen LogP contribution in [0.5, 0.6) is 0 Å². The van der Waals surface area contributed by atoms with Gasteiger partial charge in [-0.3, -0.25) is 9.36 Å². The second kappa shape index (κ2) is 9.23. The van der Waals surface area contributed by atoms with Gasteiger partial charge in [0.15, 0.2) is 5.16 Å². The van der Waals surface area contributed by atoms with Gasteiger partial charge in [0.1, 0.15) is 12.1 Å². The Morgan fingerprint density at radius 2 is 1.97 bits per heavy atom. The summed E-state index contributed by atoms with van der Waals surface area (Å²) in [5, 5.41) is 13.8. The van der Waals surface area contributed by atoms with E-state index in [1.165, 1.54) is 23.9 Å². The zero-order chi connectivity index (χ0) is 20.9. The highest BCUT2D eigenvalue weighted by molar-refractivity contribution is 7.99. The molecule has 0 bridgehead atoms. The Hall–Kier alpha value is -2.97. The smallest absolute Gasteiger partial charge is 0.231 e. The minimum Gasteiger partial charge on any atom is -0.344 e. The number of carbonyl (C=O) groups excluding carboxylic acids is 1. The van der Waals surface area contributed by atoms with Crippen molar-refractivity contribution in [3.05, 3.63) is 94.2 Å². The van der Waals surface area contributed by atoms with Crippen molar-refractivity contribution in [1.82, 2.24) is 20.1 Å². The predicted octanol–water partition coefficient (Wildman–Crippen LogP) is 4.77. The van der Waals surface area contributed by atoms with E-state index >= 15 is 0 Å².